The predicted molar refractivity (Wildman–Crippen MR) is 98.9 cm³/mol. The number of aromatic amines is 1. The lowest BCUT2D eigenvalue weighted by atomic mass is 9.97. The molecular formula is C17H20N6O2S. The molecule has 3 aromatic heterocycles. The van der Waals surface area contributed by atoms with Gasteiger partial charge in [0.25, 0.3) is 5.56 Å². The number of nitrogens with zero attached hydrogens (tertiary/aromatic N) is 4. The van der Waals surface area contributed by atoms with Crippen molar-refractivity contribution in [1.82, 2.24) is 24.4 Å². The van der Waals surface area contributed by atoms with Crippen LogP contribution in [0.4, 0.5) is 0 Å². The molecule has 1 saturated heterocycles. The van der Waals surface area contributed by atoms with Gasteiger partial charge < -0.3 is 15.3 Å². The molecule has 1 aliphatic heterocycles. The van der Waals surface area contributed by atoms with Crippen molar-refractivity contribution in [3.63, 3.8) is 0 Å². The first-order valence-corrected chi connectivity index (χ1v) is 9.46. The van der Waals surface area contributed by atoms with Crippen LogP contribution in [0, 0.1) is 0 Å². The summed E-state index contributed by atoms with van der Waals surface area (Å²) in [6, 6.07) is 1.87. The van der Waals surface area contributed by atoms with Crippen molar-refractivity contribution in [2.75, 3.05) is 13.1 Å². The molecule has 1 amide bonds. The standard InChI is InChI=1S/C17H20N6O2S/c18-13(24)9-23-6-4-19-16(23)11-2-1-5-22(8-11)10-14-20-12-3-7-26-15(12)17(25)21-14/h3-4,6-7,11H,1-2,5,8-10H2,(H2,18,24)(H,20,21,25)/t11-/m1/s1. The lowest BCUT2D eigenvalue weighted by Crippen LogP contribution is -2.36. The minimum atomic E-state index is -0.372. The van der Waals surface area contributed by atoms with Crippen molar-refractivity contribution < 1.29 is 4.79 Å². The van der Waals surface area contributed by atoms with Crippen molar-refractivity contribution in [3.8, 4) is 0 Å². The van der Waals surface area contributed by atoms with Crippen LogP contribution in [0.25, 0.3) is 10.2 Å². The Kier molecular flexibility index (Phi) is 4.56. The number of fused-ring (bicyclic) bond motifs is 1. The van der Waals surface area contributed by atoms with E-state index in [1.807, 2.05) is 16.0 Å². The highest BCUT2D eigenvalue weighted by Gasteiger charge is 2.25. The fourth-order valence-electron chi connectivity index (χ4n) is 3.60. The SMILES string of the molecule is NC(=O)Cn1ccnc1[C@@H]1CCCN(Cc2nc3ccsc3c(=O)[nH]2)C1. The first-order chi connectivity index (χ1) is 12.6. The fourth-order valence-corrected chi connectivity index (χ4v) is 4.33. The first kappa shape index (κ1) is 16.9. The molecule has 9 heteroatoms. The summed E-state index contributed by atoms with van der Waals surface area (Å²) in [5.41, 5.74) is 5.99. The Morgan fingerprint density at radius 2 is 2.35 bits per heavy atom. The van der Waals surface area contributed by atoms with Gasteiger partial charge in [-0.05, 0) is 30.8 Å². The molecule has 4 heterocycles. The predicted octanol–water partition coefficient (Wildman–Crippen LogP) is 1.05. The Bertz CT molecular complexity index is 990. The van der Waals surface area contributed by atoms with Crippen molar-refractivity contribution in [3.05, 3.63) is 45.8 Å². The second kappa shape index (κ2) is 7.00. The lowest BCUT2D eigenvalue weighted by molar-refractivity contribution is -0.118. The van der Waals surface area contributed by atoms with Crippen LogP contribution in [0.3, 0.4) is 0 Å². The highest BCUT2D eigenvalue weighted by atomic mass is 32.1. The number of nitrogens with one attached hydrogen (secondary N) is 1. The zero-order chi connectivity index (χ0) is 18.1. The van der Waals surface area contributed by atoms with Crippen molar-refractivity contribution in [1.29, 1.82) is 0 Å². The quantitative estimate of drug-likeness (QED) is 0.695. The summed E-state index contributed by atoms with van der Waals surface area (Å²) >= 11 is 1.41. The van der Waals surface area contributed by atoms with E-state index < -0.39 is 0 Å². The van der Waals surface area contributed by atoms with E-state index in [2.05, 4.69) is 19.9 Å². The number of aromatic nitrogens is 4. The van der Waals surface area contributed by atoms with Gasteiger partial charge in [-0.15, -0.1) is 11.3 Å². The Morgan fingerprint density at radius 1 is 1.46 bits per heavy atom. The average Bonchev–Trinajstić information content (AvgIpc) is 3.24. The largest absolute Gasteiger partial charge is 0.368 e. The van der Waals surface area contributed by atoms with Crippen LogP contribution >= 0.6 is 11.3 Å². The molecule has 8 nitrogen and oxygen atoms in total. The smallest absolute Gasteiger partial charge is 0.268 e. The maximum Gasteiger partial charge on any atom is 0.268 e. The van der Waals surface area contributed by atoms with Crippen molar-refractivity contribution >= 4 is 27.5 Å². The third kappa shape index (κ3) is 3.40. The van der Waals surface area contributed by atoms with Crippen LogP contribution < -0.4 is 11.3 Å². The number of imidazole rings is 1. The van der Waals surface area contributed by atoms with Crippen LogP contribution in [-0.4, -0.2) is 43.4 Å². The molecule has 0 spiro atoms. The molecule has 26 heavy (non-hydrogen) atoms. The summed E-state index contributed by atoms with van der Waals surface area (Å²) in [5.74, 6) is 1.43. The van der Waals surface area contributed by atoms with Gasteiger partial charge >= 0.3 is 0 Å². The van der Waals surface area contributed by atoms with Gasteiger partial charge in [0.05, 0.1) is 12.1 Å². The fraction of sp³-hybridized carbons (Fsp3) is 0.412. The van der Waals surface area contributed by atoms with Crippen LogP contribution in [-0.2, 0) is 17.9 Å². The van der Waals surface area contributed by atoms with E-state index >= 15 is 0 Å². The summed E-state index contributed by atoms with van der Waals surface area (Å²) in [7, 11) is 0. The van der Waals surface area contributed by atoms with Gasteiger partial charge in [0.2, 0.25) is 5.91 Å². The number of piperidine rings is 1. The van der Waals surface area contributed by atoms with Gasteiger partial charge in [-0.2, -0.15) is 0 Å². The number of carbonyl (C=O) groups is 1. The summed E-state index contributed by atoms with van der Waals surface area (Å²) in [6.07, 6.45) is 5.54. The average molecular weight is 372 g/mol. The minimum absolute atomic E-state index is 0.0782. The Labute approximate surface area is 153 Å². The monoisotopic (exact) mass is 372 g/mol. The molecule has 1 aliphatic rings. The van der Waals surface area contributed by atoms with E-state index in [0.29, 0.717) is 17.1 Å². The van der Waals surface area contributed by atoms with E-state index in [0.717, 1.165) is 37.3 Å². The molecule has 0 radical (unpaired) electrons. The third-order valence-electron chi connectivity index (χ3n) is 4.68. The van der Waals surface area contributed by atoms with Gasteiger partial charge in [0.1, 0.15) is 22.9 Å². The summed E-state index contributed by atoms with van der Waals surface area (Å²) in [5, 5.41) is 1.88. The maximum absolute atomic E-state index is 12.1. The molecule has 1 fully saturated rings. The van der Waals surface area contributed by atoms with Gasteiger partial charge in [-0.3, -0.25) is 14.5 Å². The molecular weight excluding hydrogens is 352 g/mol. The van der Waals surface area contributed by atoms with E-state index in [-0.39, 0.29) is 23.9 Å². The van der Waals surface area contributed by atoms with Crippen LogP contribution in [0.2, 0.25) is 0 Å². The molecule has 4 rings (SSSR count). The lowest BCUT2D eigenvalue weighted by Gasteiger charge is -2.32. The highest BCUT2D eigenvalue weighted by molar-refractivity contribution is 7.17. The van der Waals surface area contributed by atoms with Gasteiger partial charge in [-0.1, -0.05) is 0 Å². The first-order valence-electron chi connectivity index (χ1n) is 8.58. The van der Waals surface area contributed by atoms with Crippen LogP contribution in [0.5, 0.6) is 0 Å². The molecule has 0 bridgehead atoms. The van der Waals surface area contributed by atoms with Crippen molar-refractivity contribution in [2.24, 2.45) is 5.73 Å². The molecule has 3 aromatic rings. The topological polar surface area (TPSA) is 110 Å². The number of rotatable bonds is 5. The number of carbonyl (C=O) groups excluding carboxylic acids is 1. The highest BCUT2D eigenvalue weighted by Crippen LogP contribution is 2.26. The van der Waals surface area contributed by atoms with Crippen LogP contribution in [0.15, 0.2) is 28.6 Å². The number of hydrogen-bond donors (Lipinski definition) is 2. The van der Waals surface area contributed by atoms with Crippen molar-refractivity contribution in [2.45, 2.75) is 31.8 Å². The van der Waals surface area contributed by atoms with Gasteiger partial charge in [0, 0.05) is 24.9 Å². The molecule has 0 unspecified atom stereocenters. The molecule has 1 atom stereocenters. The molecule has 136 valence electrons. The maximum atomic E-state index is 12.1. The number of hydrogen-bond acceptors (Lipinski definition) is 6. The number of amides is 1. The Hall–Kier alpha value is -2.52. The molecule has 0 saturated carbocycles. The number of H-pyrrole nitrogens is 1. The summed E-state index contributed by atoms with van der Waals surface area (Å²) < 4.78 is 2.49. The number of thiophene rings is 1. The Balaban J connectivity index is 1.50. The van der Waals surface area contributed by atoms with E-state index in [9.17, 15) is 9.59 Å². The molecule has 3 N–H and O–H groups in total. The van der Waals surface area contributed by atoms with E-state index in [4.69, 9.17) is 5.73 Å². The molecule has 0 aliphatic carbocycles. The second-order valence-corrected chi connectivity index (χ2v) is 7.52. The van der Waals surface area contributed by atoms with Crippen LogP contribution in [0.1, 0.15) is 30.4 Å². The molecule has 0 aromatic carbocycles. The zero-order valence-corrected chi connectivity index (χ0v) is 15.0. The normalized spacial score (nSPS) is 18.4. The summed E-state index contributed by atoms with van der Waals surface area (Å²) in [6.45, 7) is 2.49. The number of nitrogens with two attached hydrogens (primary N) is 1. The number of primary amides is 1. The number of likely N-dealkylation sites (tertiary alicyclic amines) is 1. The third-order valence-corrected chi connectivity index (χ3v) is 5.58. The van der Waals surface area contributed by atoms with Gasteiger partial charge in [-0.25, -0.2) is 9.97 Å². The second-order valence-electron chi connectivity index (χ2n) is 6.60. The Morgan fingerprint density at radius 3 is 3.19 bits per heavy atom. The van der Waals surface area contributed by atoms with E-state index in [1.54, 1.807) is 12.4 Å². The van der Waals surface area contributed by atoms with E-state index in [1.165, 1.54) is 11.3 Å². The zero-order valence-electron chi connectivity index (χ0n) is 14.2. The minimum Gasteiger partial charge on any atom is -0.368 e. The van der Waals surface area contributed by atoms with Gasteiger partial charge in [0.15, 0.2) is 0 Å². The summed E-state index contributed by atoms with van der Waals surface area (Å²) in [4.78, 5) is 37.6.